The van der Waals surface area contributed by atoms with Crippen LogP contribution in [-0.2, 0) is 14.2 Å². The zero-order valence-corrected chi connectivity index (χ0v) is 11.6. The minimum atomic E-state index is -0.586. The van der Waals surface area contributed by atoms with Gasteiger partial charge in [0.1, 0.15) is 24.1 Å². The molecule has 2 aromatic rings. The van der Waals surface area contributed by atoms with Gasteiger partial charge in [0.05, 0.1) is 18.6 Å². The van der Waals surface area contributed by atoms with Crippen LogP contribution in [0, 0.1) is 0 Å². The van der Waals surface area contributed by atoms with E-state index < -0.39 is 5.79 Å². The maximum Gasteiger partial charge on any atom is 0.166 e. The fourth-order valence-electron chi connectivity index (χ4n) is 2.97. The van der Waals surface area contributed by atoms with E-state index in [9.17, 15) is 0 Å². The first-order valence-corrected chi connectivity index (χ1v) is 6.69. The smallest absolute Gasteiger partial charge is 0.166 e. The molecule has 4 atom stereocenters. The highest BCUT2D eigenvalue weighted by Crippen LogP contribution is 2.43. The number of nitrogens with zero attached hydrogens (tertiary/aromatic N) is 4. The van der Waals surface area contributed by atoms with Crippen molar-refractivity contribution in [1.82, 2.24) is 19.5 Å². The number of imidazole rings is 1. The van der Waals surface area contributed by atoms with E-state index >= 15 is 0 Å². The molecule has 0 aliphatic carbocycles. The summed E-state index contributed by atoms with van der Waals surface area (Å²) in [5.41, 5.74) is 1.48. The molecule has 7 heteroatoms. The van der Waals surface area contributed by atoms with Crippen LogP contribution < -0.4 is 0 Å². The molecule has 0 spiro atoms. The van der Waals surface area contributed by atoms with Gasteiger partial charge in [0, 0.05) is 0 Å². The third kappa shape index (κ3) is 1.67. The second-order valence-corrected chi connectivity index (χ2v) is 5.68. The van der Waals surface area contributed by atoms with E-state index in [1.165, 1.54) is 6.33 Å². The Morgan fingerprint density at radius 1 is 1.20 bits per heavy atom. The van der Waals surface area contributed by atoms with Gasteiger partial charge in [-0.2, -0.15) is 0 Å². The van der Waals surface area contributed by atoms with Crippen LogP contribution in [0.3, 0.4) is 0 Å². The van der Waals surface area contributed by atoms with Gasteiger partial charge in [-0.25, -0.2) is 15.0 Å². The van der Waals surface area contributed by atoms with E-state index in [1.807, 2.05) is 25.3 Å². The van der Waals surface area contributed by atoms with E-state index in [2.05, 4.69) is 15.0 Å². The number of fused-ring (bicyclic) bond motifs is 2. The summed E-state index contributed by atoms with van der Waals surface area (Å²) in [7, 11) is 0. The van der Waals surface area contributed by atoms with Crippen molar-refractivity contribution in [3.8, 4) is 0 Å². The summed E-state index contributed by atoms with van der Waals surface area (Å²) in [5.74, 6) is -0.586. The summed E-state index contributed by atoms with van der Waals surface area (Å²) in [4.78, 5) is 12.5. The minimum Gasteiger partial charge on any atom is -0.349 e. The number of hydrogen-bond acceptors (Lipinski definition) is 6. The van der Waals surface area contributed by atoms with Crippen LogP contribution in [0.5, 0.6) is 0 Å². The largest absolute Gasteiger partial charge is 0.349 e. The van der Waals surface area contributed by atoms with Crippen molar-refractivity contribution < 1.29 is 14.2 Å². The maximum absolute atomic E-state index is 5.99. The summed E-state index contributed by atoms with van der Waals surface area (Å²) in [6.45, 7) is 5.84. The molecule has 2 aliphatic rings. The van der Waals surface area contributed by atoms with E-state index in [4.69, 9.17) is 14.2 Å². The SMILES string of the molecule is C[C@H]1O[C@@H](n2cnc3cncnc32)[C@@H]2OC(C)(C)O[C@@H]21. The molecule has 0 N–H and O–H groups in total. The Morgan fingerprint density at radius 2 is 2.00 bits per heavy atom. The van der Waals surface area contributed by atoms with E-state index in [0.717, 1.165) is 11.2 Å². The highest BCUT2D eigenvalue weighted by atomic mass is 16.8. The van der Waals surface area contributed by atoms with Crippen molar-refractivity contribution in [3.63, 3.8) is 0 Å². The minimum absolute atomic E-state index is 0.0361. The Labute approximate surface area is 115 Å². The second kappa shape index (κ2) is 3.97. The lowest BCUT2D eigenvalue weighted by Crippen LogP contribution is -2.27. The fraction of sp³-hybridized carbons (Fsp3) is 0.615. The lowest BCUT2D eigenvalue weighted by molar-refractivity contribution is -0.194. The Balaban J connectivity index is 1.76. The molecule has 106 valence electrons. The van der Waals surface area contributed by atoms with E-state index in [-0.39, 0.29) is 24.5 Å². The van der Waals surface area contributed by atoms with Crippen LogP contribution in [0.25, 0.3) is 11.2 Å². The Hall–Kier alpha value is -1.57. The predicted molar refractivity (Wildman–Crippen MR) is 68.7 cm³/mol. The molecule has 4 rings (SSSR count). The lowest BCUT2D eigenvalue weighted by Gasteiger charge is -2.23. The summed E-state index contributed by atoms with van der Waals surface area (Å²) in [5, 5.41) is 0. The quantitative estimate of drug-likeness (QED) is 0.781. The van der Waals surface area contributed by atoms with Gasteiger partial charge < -0.3 is 14.2 Å². The molecular weight excluding hydrogens is 260 g/mol. The van der Waals surface area contributed by atoms with Crippen LogP contribution in [0.4, 0.5) is 0 Å². The van der Waals surface area contributed by atoms with Crippen LogP contribution in [0.2, 0.25) is 0 Å². The molecule has 2 fully saturated rings. The monoisotopic (exact) mass is 276 g/mol. The first kappa shape index (κ1) is 12.2. The molecule has 0 unspecified atom stereocenters. The highest BCUT2D eigenvalue weighted by molar-refractivity contribution is 5.69. The molecule has 0 amide bonds. The summed E-state index contributed by atoms with van der Waals surface area (Å²) < 4.78 is 19.8. The molecule has 2 saturated heterocycles. The van der Waals surface area contributed by atoms with Crippen LogP contribution in [-0.4, -0.2) is 43.6 Å². The zero-order chi connectivity index (χ0) is 13.9. The normalized spacial score (nSPS) is 35.5. The highest BCUT2D eigenvalue weighted by Gasteiger charge is 2.54. The lowest BCUT2D eigenvalue weighted by atomic mass is 10.1. The van der Waals surface area contributed by atoms with Crippen molar-refractivity contribution in [2.24, 2.45) is 0 Å². The van der Waals surface area contributed by atoms with Gasteiger partial charge in [-0.3, -0.25) is 4.57 Å². The maximum atomic E-state index is 5.99. The predicted octanol–water partition coefficient (Wildman–Crippen LogP) is 1.26. The second-order valence-electron chi connectivity index (χ2n) is 5.68. The van der Waals surface area contributed by atoms with Crippen LogP contribution >= 0.6 is 0 Å². The average Bonchev–Trinajstić information content (AvgIpc) is 3.03. The van der Waals surface area contributed by atoms with Gasteiger partial charge in [0.25, 0.3) is 0 Å². The first-order valence-electron chi connectivity index (χ1n) is 6.69. The fourth-order valence-corrected chi connectivity index (χ4v) is 2.97. The van der Waals surface area contributed by atoms with E-state index in [0.29, 0.717) is 0 Å². The molecule has 0 aromatic carbocycles. The average molecular weight is 276 g/mol. The third-order valence-corrected chi connectivity index (χ3v) is 3.77. The van der Waals surface area contributed by atoms with Gasteiger partial charge in [-0.1, -0.05) is 0 Å². The first-order chi connectivity index (χ1) is 9.55. The van der Waals surface area contributed by atoms with Crippen molar-refractivity contribution >= 4 is 11.2 Å². The number of hydrogen-bond donors (Lipinski definition) is 0. The standard InChI is InChI=1S/C13H16N4O3/c1-7-9-10(20-13(2,3)19-9)12(18-7)17-6-16-8-4-14-5-15-11(8)17/h4-7,9-10,12H,1-3H3/t7-,9-,10-,12-/m1/s1. The van der Waals surface area contributed by atoms with Crippen molar-refractivity contribution in [1.29, 1.82) is 0 Å². The summed E-state index contributed by atoms with van der Waals surface area (Å²) in [6, 6.07) is 0. The van der Waals surface area contributed by atoms with Crippen molar-refractivity contribution in [2.45, 2.75) is 51.1 Å². The Kier molecular flexibility index (Phi) is 2.42. The Bertz CT molecular complexity index is 656. The summed E-state index contributed by atoms with van der Waals surface area (Å²) >= 11 is 0. The summed E-state index contributed by atoms with van der Waals surface area (Å²) in [6.07, 6.45) is 4.36. The molecular formula is C13H16N4O3. The van der Waals surface area contributed by atoms with Gasteiger partial charge in [-0.15, -0.1) is 0 Å². The number of aromatic nitrogens is 4. The van der Waals surface area contributed by atoms with Gasteiger partial charge in [0.2, 0.25) is 0 Å². The topological polar surface area (TPSA) is 71.3 Å². The van der Waals surface area contributed by atoms with Gasteiger partial charge in [-0.05, 0) is 20.8 Å². The van der Waals surface area contributed by atoms with E-state index in [1.54, 1.807) is 12.5 Å². The molecule has 0 radical (unpaired) electrons. The molecule has 4 heterocycles. The van der Waals surface area contributed by atoms with Crippen molar-refractivity contribution in [2.75, 3.05) is 0 Å². The molecule has 2 aliphatic heterocycles. The molecule has 20 heavy (non-hydrogen) atoms. The van der Waals surface area contributed by atoms with Gasteiger partial charge >= 0.3 is 0 Å². The third-order valence-electron chi connectivity index (χ3n) is 3.77. The molecule has 7 nitrogen and oxygen atoms in total. The van der Waals surface area contributed by atoms with Crippen LogP contribution in [0.1, 0.15) is 27.0 Å². The van der Waals surface area contributed by atoms with Crippen LogP contribution in [0.15, 0.2) is 18.9 Å². The number of rotatable bonds is 1. The molecule has 2 aromatic heterocycles. The van der Waals surface area contributed by atoms with Gasteiger partial charge in [0.15, 0.2) is 17.7 Å². The Morgan fingerprint density at radius 3 is 2.85 bits per heavy atom. The molecule has 0 saturated carbocycles. The van der Waals surface area contributed by atoms with Crippen molar-refractivity contribution in [3.05, 3.63) is 18.9 Å². The molecule has 0 bridgehead atoms. The zero-order valence-electron chi connectivity index (χ0n) is 11.6. The number of ether oxygens (including phenoxy) is 3.